The van der Waals surface area contributed by atoms with Gasteiger partial charge in [-0.1, -0.05) is 19.1 Å². The summed E-state index contributed by atoms with van der Waals surface area (Å²) in [7, 11) is -1.96. The van der Waals surface area contributed by atoms with Crippen molar-refractivity contribution in [1.29, 1.82) is 0 Å². The predicted molar refractivity (Wildman–Crippen MR) is 80.5 cm³/mol. The van der Waals surface area contributed by atoms with Crippen molar-refractivity contribution in [2.24, 2.45) is 7.05 Å². The Morgan fingerprint density at radius 1 is 1.43 bits per heavy atom. The highest BCUT2D eigenvalue weighted by molar-refractivity contribution is 7.92. The smallest absolute Gasteiger partial charge is 0.262 e. The van der Waals surface area contributed by atoms with Gasteiger partial charge in [0, 0.05) is 13.2 Å². The number of aromatic nitrogens is 2. The number of nitrogens with one attached hydrogen (secondary N) is 1. The molecule has 0 amide bonds. The van der Waals surface area contributed by atoms with E-state index in [2.05, 4.69) is 9.82 Å². The normalized spacial score (nSPS) is 13.1. The lowest BCUT2D eigenvalue weighted by Crippen LogP contribution is -2.14. The lowest BCUT2D eigenvalue weighted by molar-refractivity contribution is 0.199. The van der Waals surface area contributed by atoms with Crippen LogP contribution < -0.4 is 4.72 Å². The van der Waals surface area contributed by atoms with E-state index >= 15 is 0 Å². The molecule has 1 heterocycles. The number of aliphatic hydroxyl groups excluding tert-OH is 1. The van der Waals surface area contributed by atoms with E-state index in [4.69, 9.17) is 0 Å². The fourth-order valence-corrected chi connectivity index (χ4v) is 3.15. The first-order chi connectivity index (χ1) is 9.83. The Hall–Kier alpha value is -1.86. The number of nitrogens with zero attached hydrogens (tertiary/aromatic N) is 2. The summed E-state index contributed by atoms with van der Waals surface area (Å²) in [5, 5.41) is 13.8. The van der Waals surface area contributed by atoms with Gasteiger partial charge < -0.3 is 5.11 Å². The molecule has 6 nitrogen and oxygen atoms in total. The van der Waals surface area contributed by atoms with Crippen molar-refractivity contribution in [2.75, 3.05) is 4.72 Å². The third kappa shape index (κ3) is 3.43. The molecule has 0 saturated heterocycles. The highest BCUT2D eigenvalue weighted by Crippen LogP contribution is 2.22. The van der Waals surface area contributed by atoms with Crippen molar-refractivity contribution >= 4 is 15.7 Å². The number of aryl methyl sites for hydroxylation is 2. The second-order valence-electron chi connectivity index (χ2n) is 4.87. The Balaban J connectivity index is 2.36. The molecule has 114 valence electrons. The predicted octanol–water partition coefficient (Wildman–Crippen LogP) is 1.84. The zero-order chi connectivity index (χ0) is 15.6. The number of rotatable bonds is 5. The second kappa shape index (κ2) is 5.87. The number of anilines is 1. The second-order valence-corrected chi connectivity index (χ2v) is 6.55. The van der Waals surface area contributed by atoms with E-state index in [0.29, 0.717) is 23.4 Å². The summed E-state index contributed by atoms with van der Waals surface area (Å²) in [5.41, 5.74) is 1.72. The number of sulfonamides is 1. The van der Waals surface area contributed by atoms with E-state index in [1.165, 1.54) is 12.1 Å². The van der Waals surface area contributed by atoms with Gasteiger partial charge >= 0.3 is 0 Å². The molecule has 0 aliphatic rings. The van der Waals surface area contributed by atoms with Crippen LogP contribution in [0, 0.1) is 0 Å². The van der Waals surface area contributed by atoms with E-state index in [0.717, 1.165) is 0 Å². The summed E-state index contributed by atoms with van der Waals surface area (Å²) in [6.07, 6.45) is 1.55. The van der Waals surface area contributed by atoms with Gasteiger partial charge in [-0.05, 0) is 31.0 Å². The standard InChI is InChI=1S/C14H19N3O3S/c1-4-13-14(9-17(3)15-13)16-21(19,20)12-7-5-6-11(8-12)10(2)18/h5-10,16,18H,4H2,1-3H3. The SMILES string of the molecule is CCc1nn(C)cc1NS(=O)(=O)c1cccc(C(C)O)c1. The van der Waals surface area contributed by atoms with Gasteiger partial charge in [0.25, 0.3) is 10.0 Å². The Labute approximate surface area is 124 Å². The molecule has 0 fully saturated rings. The maximum atomic E-state index is 12.4. The van der Waals surface area contributed by atoms with Gasteiger partial charge in [0.05, 0.1) is 22.4 Å². The zero-order valence-electron chi connectivity index (χ0n) is 12.2. The molecule has 7 heteroatoms. The van der Waals surface area contributed by atoms with Gasteiger partial charge in [0.2, 0.25) is 0 Å². The molecular formula is C14H19N3O3S. The molecule has 1 atom stereocenters. The van der Waals surface area contributed by atoms with Crippen LogP contribution >= 0.6 is 0 Å². The van der Waals surface area contributed by atoms with E-state index in [-0.39, 0.29) is 4.90 Å². The molecule has 2 rings (SSSR count). The minimum absolute atomic E-state index is 0.117. The average molecular weight is 309 g/mol. The Kier molecular flexibility index (Phi) is 4.34. The highest BCUT2D eigenvalue weighted by atomic mass is 32.2. The highest BCUT2D eigenvalue weighted by Gasteiger charge is 2.18. The Morgan fingerprint density at radius 2 is 2.14 bits per heavy atom. The van der Waals surface area contributed by atoms with Crippen LogP contribution in [0.15, 0.2) is 35.4 Å². The first kappa shape index (κ1) is 15.5. The summed E-state index contributed by atoms with van der Waals surface area (Å²) in [5.74, 6) is 0. The van der Waals surface area contributed by atoms with Crippen molar-refractivity contribution < 1.29 is 13.5 Å². The fraction of sp³-hybridized carbons (Fsp3) is 0.357. The monoisotopic (exact) mass is 309 g/mol. The van der Waals surface area contributed by atoms with Crippen LogP contribution in [-0.2, 0) is 23.5 Å². The van der Waals surface area contributed by atoms with Crippen LogP contribution in [0.4, 0.5) is 5.69 Å². The van der Waals surface area contributed by atoms with E-state index in [9.17, 15) is 13.5 Å². The molecule has 2 aromatic rings. The minimum Gasteiger partial charge on any atom is -0.389 e. The molecule has 1 aromatic carbocycles. The van der Waals surface area contributed by atoms with Crippen LogP contribution in [-0.4, -0.2) is 23.3 Å². The van der Waals surface area contributed by atoms with Crippen molar-refractivity contribution in [3.05, 3.63) is 41.7 Å². The lowest BCUT2D eigenvalue weighted by atomic mass is 10.1. The maximum Gasteiger partial charge on any atom is 0.262 e. The third-order valence-corrected chi connectivity index (χ3v) is 4.50. The van der Waals surface area contributed by atoms with E-state index in [1.54, 1.807) is 37.0 Å². The number of hydrogen-bond acceptors (Lipinski definition) is 4. The quantitative estimate of drug-likeness (QED) is 0.882. The molecule has 21 heavy (non-hydrogen) atoms. The molecule has 2 N–H and O–H groups in total. The van der Waals surface area contributed by atoms with Crippen molar-refractivity contribution in [2.45, 2.75) is 31.3 Å². The van der Waals surface area contributed by atoms with Crippen molar-refractivity contribution in [3.8, 4) is 0 Å². The molecular weight excluding hydrogens is 290 g/mol. The molecule has 1 unspecified atom stereocenters. The Bertz CT molecular complexity index is 736. The van der Waals surface area contributed by atoms with Crippen molar-refractivity contribution in [1.82, 2.24) is 9.78 Å². The van der Waals surface area contributed by atoms with Crippen molar-refractivity contribution in [3.63, 3.8) is 0 Å². The molecule has 0 aliphatic carbocycles. The van der Waals surface area contributed by atoms with Gasteiger partial charge in [0.15, 0.2) is 0 Å². The summed E-state index contributed by atoms with van der Waals surface area (Å²) >= 11 is 0. The zero-order valence-corrected chi connectivity index (χ0v) is 13.1. The van der Waals surface area contributed by atoms with Crippen LogP contribution in [0.2, 0.25) is 0 Å². The number of hydrogen-bond donors (Lipinski definition) is 2. The van der Waals surface area contributed by atoms with Gasteiger partial charge in [-0.2, -0.15) is 5.10 Å². The first-order valence-corrected chi connectivity index (χ1v) is 8.15. The number of aliphatic hydroxyl groups is 1. The largest absolute Gasteiger partial charge is 0.389 e. The van der Waals surface area contributed by atoms with Gasteiger partial charge in [-0.25, -0.2) is 8.42 Å². The molecule has 1 aromatic heterocycles. The number of benzene rings is 1. The Morgan fingerprint density at radius 3 is 2.76 bits per heavy atom. The average Bonchev–Trinajstić information content (AvgIpc) is 2.78. The first-order valence-electron chi connectivity index (χ1n) is 6.67. The van der Waals surface area contributed by atoms with Crippen LogP contribution in [0.25, 0.3) is 0 Å². The molecule has 0 bridgehead atoms. The molecule has 0 aliphatic heterocycles. The summed E-state index contributed by atoms with van der Waals surface area (Å²) in [6, 6.07) is 6.26. The lowest BCUT2D eigenvalue weighted by Gasteiger charge is -2.10. The van der Waals surface area contributed by atoms with Gasteiger partial charge in [-0.15, -0.1) is 0 Å². The summed E-state index contributed by atoms with van der Waals surface area (Å²) in [4.78, 5) is 0.117. The third-order valence-electron chi connectivity index (χ3n) is 3.14. The molecule has 0 saturated carbocycles. The summed E-state index contributed by atoms with van der Waals surface area (Å²) < 4.78 is 29.0. The topological polar surface area (TPSA) is 84.2 Å². The van der Waals surface area contributed by atoms with Crippen LogP contribution in [0.5, 0.6) is 0 Å². The fourth-order valence-electron chi connectivity index (χ4n) is 2.03. The van der Waals surface area contributed by atoms with Crippen LogP contribution in [0.1, 0.15) is 31.2 Å². The maximum absolute atomic E-state index is 12.4. The molecule has 0 radical (unpaired) electrons. The van der Waals surface area contributed by atoms with E-state index in [1.807, 2.05) is 6.92 Å². The molecule has 0 spiro atoms. The van der Waals surface area contributed by atoms with Gasteiger partial charge in [0.1, 0.15) is 0 Å². The minimum atomic E-state index is -3.70. The summed E-state index contributed by atoms with van der Waals surface area (Å²) in [6.45, 7) is 3.50. The van der Waals surface area contributed by atoms with Gasteiger partial charge in [-0.3, -0.25) is 9.40 Å². The van der Waals surface area contributed by atoms with Crippen LogP contribution in [0.3, 0.4) is 0 Å². The van der Waals surface area contributed by atoms with E-state index < -0.39 is 16.1 Å².